The Kier molecular flexibility index (Phi) is 7.41. The summed E-state index contributed by atoms with van der Waals surface area (Å²) in [6.45, 7) is 9.10. The second-order valence-corrected chi connectivity index (χ2v) is 11.5. The number of piperazine rings is 1. The number of hydrogen-bond donors (Lipinski definition) is 0. The molecular formula is C31H30ClF2N5O3. The van der Waals surface area contributed by atoms with E-state index in [1.54, 1.807) is 15.5 Å². The smallest absolute Gasteiger partial charge is 0.271 e. The van der Waals surface area contributed by atoms with Gasteiger partial charge in [-0.05, 0) is 57.1 Å². The molecule has 2 fully saturated rings. The number of pyridine rings is 1. The monoisotopic (exact) mass is 593 g/mol. The van der Waals surface area contributed by atoms with Crippen molar-refractivity contribution in [2.75, 3.05) is 50.8 Å². The van der Waals surface area contributed by atoms with Crippen LogP contribution in [-0.4, -0.2) is 72.2 Å². The van der Waals surface area contributed by atoms with Gasteiger partial charge in [-0.15, -0.1) is 0 Å². The maximum absolute atomic E-state index is 15.1. The minimum Gasteiger partial charge on any atom is -0.488 e. The van der Waals surface area contributed by atoms with Gasteiger partial charge in [-0.1, -0.05) is 18.2 Å². The first-order chi connectivity index (χ1) is 20.2. The second-order valence-electron chi connectivity index (χ2n) is 11.1. The van der Waals surface area contributed by atoms with Crippen molar-refractivity contribution in [2.24, 2.45) is 0 Å². The molecule has 6 rings (SSSR count). The van der Waals surface area contributed by atoms with E-state index in [0.29, 0.717) is 42.8 Å². The summed E-state index contributed by atoms with van der Waals surface area (Å²) in [5, 5.41) is 11.0. The molecule has 0 radical (unpaired) electrons. The Morgan fingerprint density at radius 2 is 1.98 bits per heavy atom. The predicted octanol–water partition coefficient (Wildman–Crippen LogP) is 4.72. The van der Waals surface area contributed by atoms with E-state index in [1.165, 1.54) is 12.1 Å². The Morgan fingerprint density at radius 1 is 1.21 bits per heavy atom. The molecule has 3 aliphatic rings. The molecule has 2 atom stereocenters. The topological polar surface area (TPSA) is 81.8 Å². The second kappa shape index (κ2) is 11.0. The number of nitrogens with zero attached hydrogens (tertiary/aromatic N) is 5. The zero-order valence-electron chi connectivity index (χ0n) is 23.2. The number of amides is 1. The number of nitriles is 1. The molecule has 1 amide bonds. The first-order valence-electron chi connectivity index (χ1n) is 14.1. The maximum Gasteiger partial charge on any atom is 0.271 e. The molecule has 1 aromatic heterocycles. The van der Waals surface area contributed by atoms with Gasteiger partial charge >= 0.3 is 0 Å². The van der Waals surface area contributed by atoms with E-state index in [-0.39, 0.29) is 46.0 Å². The Labute approximate surface area is 246 Å². The van der Waals surface area contributed by atoms with Gasteiger partial charge in [0.15, 0.2) is 5.75 Å². The fraction of sp³-hybridized carbons (Fsp3) is 0.387. The van der Waals surface area contributed by atoms with Crippen molar-refractivity contribution >= 4 is 34.1 Å². The van der Waals surface area contributed by atoms with Crippen LogP contribution < -0.4 is 15.2 Å². The van der Waals surface area contributed by atoms with E-state index < -0.39 is 23.2 Å². The lowest BCUT2D eigenvalue weighted by Gasteiger charge is -2.42. The fourth-order valence-corrected chi connectivity index (χ4v) is 6.89. The minimum absolute atomic E-state index is 0.0195. The molecule has 8 nitrogen and oxygen atoms in total. The highest BCUT2D eigenvalue weighted by Crippen LogP contribution is 2.48. The summed E-state index contributed by atoms with van der Waals surface area (Å²) in [6, 6.07) is 6.40. The molecule has 0 aliphatic carbocycles. The number of rotatable bonds is 5. The Hall–Kier alpha value is -3.94. The van der Waals surface area contributed by atoms with E-state index in [0.717, 1.165) is 38.1 Å². The molecule has 0 bridgehead atoms. The molecule has 3 aliphatic heterocycles. The zero-order chi connectivity index (χ0) is 29.7. The van der Waals surface area contributed by atoms with Crippen molar-refractivity contribution in [2.45, 2.75) is 31.8 Å². The molecule has 2 saturated heterocycles. The van der Waals surface area contributed by atoms with Crippen LogP contribution in [0.3, 0.4) is 0 Å². The van der Waals surface area contributed by atoms with Gasteiger partial charge in [-0.2, -0.15) is 5.26 Å². The van der Waals surface area contributed by atoms with E-state index in [9.17, 15) is 19.2 Å². The SMILES string of the molecule is C=CC(=O)N1CCN(c2c(C#N)c(=O)n3c4c(c(-c5ccc(F)cc5F)c(Cl)cc24)OCC3CN2CCCC2)C(C)C1. The van der Waals surface area contributed by atoms with Crippen molar-refractivity contribution < 1.29 is 18.3 Å². The number of benzene rings is 2. The average molecular weight is 594 g/mol. The highest BCUT2D eigenvalue weighted by atomic mass is 35.5. The van der Waals surface area contributed by atoms with Crippen LogP contribution in [0.4, 0.5) is 14.5 Å². The van der Waals surface area contributed by atoms with Crippen molar-refractivity contribution in [3.63, 3.8) is 0 Å². The van der Waals surface area contributed by atoms with Gasteiger partial charge in [0, 0.05) is 54.8 Å². The van der Waals surface area contributed by atoms with Gasteiger partial charge in [-0.3, -0.25) is 14.2 Å². The quantitative estimate of drug-likeness (QED) is 0.398. The third-order valence-corrected chi connectivity index (χ3v) is 8.84. The summed E-state index contributed by atoms with van der Waals surface area (Å²) in [5.41, 5.74) is 0.619. The molecule has 0 spiro atoms. The molecule has 42 heavy (non-hydrogen) atoms. The summed E-state index contributed by atoms with van der Waals surface area (Å²) >= 11 is 6.85. The molecule has 0 N–H and O–H groups in total. The molecule has 0 saturated carbocycles. The molecule has 2 aromatic carbocycles. The van der Waals surface area contributed by atoms with E-state index in [1.807, 2.05) is 11.8 Å². The highest BCUT2D eigenvalue weighted by Gasteiger charge is 2.36. The largest absolute Gasteiger partial charge is 0.488 e. The summed E-state index contributed by atoms with van der Waals surface area (Å²) in [6.07, 6.45) is 3.41. The number of halogens is 3. The van der Waals surface area contributed by atoms with Crippen LogP contribution in [0.2, 0.25) is 5.02 Å². The number of carbonyl (C=O) groups excluding carboxylic acids is 1. The van der Waals surface area contributed by atoms with Crippen LogP contribution in [0.15, 0.2) is 41.7 Å². The zero-order valence-corrected chi connectivity index (χ0v) is 24.0. The van der Waals surface area contributed by atoms with Crippen molar-refractivity contribution in [3.8, 4) is 22.9 Å². The van der Waals surface area contributed by atoms with Crippen LogP contribution in [0.25, 0.3) is 22.0 Å². The Balaban J connectivity index is 1.61. The van der Waals surface area contributed by atoms with Gasteiger partial charge in [0.25, 0.3) is 5.56 Å². The Morgan fingerprint density at radius 3 is 2.64 bits per heavy atom. The van der Waals surface area contributed by atoms with Crippen LogP contribution in [0.5, 0.6) is 5.75 Å². The number of hydrogen-bond acceptors (Lipinski definition) is 6. The van der Waals surface area contributed by atoms with Crippen molar-refractivity contribution in [1.29, 1.82) is 5.26 Å². The molecule has 2 unspecified atom stereocenters. The number of anilines is 1. The summed E-state index contributed by atoms with van der Waals surface area (Å²) in [4.78, 5) is 32.5. The number of aromatic nitrogens is 1. The van der Waals surface area contributed by atoms with Crippen LogP contribution in [-0.2, 0) is 4.79 Å². The van der Waals surface area contributed by atoms with Crippen molar-refractivity contribution in [3.05, 3.63) is 69.5 Å². The number of carbonyl (C=O) groups is 1. The molecule has 11 heteroatoms. The van der Waals surface area contributed by atoms with Crippen LogP contribution >= 0.6 is 11.6 Å². The van der Waals surface area contributed by atoms with E-state index in [2.05, 4.69) is 17.5 Å². The molecule has 4 heterocycles. The summed E-state index contributed by atoms with van der Waals surface area (Å²) in [7, 11) is 0. The third kappa shape index (κ3) is 4.61. The number of ether oxygens (including phenoxy) is 1. The van der Waals surface area contributed by atoms with Crippen LogP contribution in [0.1, 0.15) is 31.4 Å². The maximum atomic E-state index is 15.1. The van der Waals surface area contributed by atoms with Crippen LogP contribution in [0, 0.1) is 23.0 Å². The highest BCUT2D eigenvalue weighted by molar-refractivity contribution is 6.35. The standard InChI is InChI=1S/C31H30ClF2N5O3/c1-3-26(40)37-10-11-38(18(2)15-37)28-22-13-24(32)27(21-7-6-19(33)12-25(21)34)30-29(22)39(31(41)23(28)14-35)20(17-42-30)16-36-8-4-5-9-36/h3,6-7,12-13,18,20H,1,4-5,8-11,15-17H2,2H3. The van der Waals surface area contributed by atoms with Gasteiger partial charge < -0.3 is 19.4 Å². The Bertz CT molecular complexity index is 1710. The lowest BCUT2D eigenvalue weighted by molar-refractivity contribution is -0.126. The lowest BCUT2D eigenvalue weighted by Crippen LogP contribution is -2.54. The van der Waals surface area contributed by atoms with E-state index in [4.69, 9.17) is 16.3 Å². The van der Waals surface area contributed by atoms with Gasteiger partial charge in [-0.25, -0.2) is 8.78 Å². The van der Waals surface area contributed by atoms with Gasteiger partial charge in [0.1, 0.15) is 29.9 Å². The summed E-state index contributed by atoms with van der Waals surface area (Å²) < 4.78 is 36.9. The molecule has 3 aromatic rings. The molecular weight excluding hydrogens is 564 g/mol. The third-order valence-electron chi connectivity index (χ3n) is 8.54. The predicted molar refractivity (Wildman–Crippen MR) is 157 cm³/mol. The number of likely N-dealkylation sites (tertiary alicyclic amines) is 1. The normalized spacial score (nSPS) is 20.5. The first kappa shape index (κ1) is 28.2. The van der Waals surface area contributed by atoms with E-state index >= 15 is 4.39 Å². The first-order valence-corrected chi connectivity index (χ1v) is 14.4. The summed E-state index contributed by atoms with van der Waals surface area (Å²) in [5.74, 6) is -1.51. The molecule has 218 valence electrons. The average Bonchev–Trinajstić information content (AvgIpc) is 3.48. The minimum atomic E-state index is -0.810. The van der Waals surface area contributed by atoms with Gasteiger partial charge in [0.05, 0.1) is 22.3 Å². The van der Waals surface area contributed by atoms with Gasteiger partial charge in [0.2, 0.25) is 5.91 Å². The van der Waals surface area contributed by atoms with Crippen molar-refractivity contribution in [1.82, 2.24) is 14.4 Å². The fourth-order valence-electron chi connectivity index (χ4n) is 6.60. The lowest BCUT2D eigenvalue weighted by atomic mass is 9.96.